The molecule has 0 spiro atoms. The van der Waals surface area contributed by atoms with Gasteiger partial charge in [-0.05, 0) is 88.2 Å². The lowest BCUT2D eigenvalue weighted by Gasteiger charge is -2.14. The maximum absolute atomic E-state index is 12.9. The van der Waals surface area contributed by atoms with E-state index in [0.29, 0.717) is 15.8 Å². The van der Waals surface area contributed by atoms with Crippen molar-refractivity contribution in [2.45, 2.75) is 6.92 Å². The van der Waals surface area contributed by atoms with Crippen LogP contribution in [0.4, 0.5) is 4.79 Å². The summed E-state index contributed by atoms with van der Waals surface area (Å²) in [6.07, 6.45) is 1.58. The van der Waals surface area contributed by atoms with Crippen LogP contribution in [-0.2, 0) is 4.79 Å². The summed E-state index contributed by atoms with van der Waals surface area (Å²) in [4.78, 5) is 39.4. The third-order valence-corrected chi connectivity index (χ3v) is 7.11. The van der Waals surface area contributed by atoms with E-state index in [1.54, 1.807) is 42.5 Å². The minimum Gasteiger partial charge on any atom is -0.493 e. The second kappa shape index (κ2) is 11.9. The molecule has 2 amide bonds. The number of imide groups is 1. The van der Waals surface area contributed by atoms with E-state index in [1.807, 2.05) is 31.2 Å². The molecule has 7 nitrogen and oxygen atoms in total. The molecule has 0 aromatic heterocycles. The molecule has 1 saturated heterocycles. The van der Waals surface area contributed by atoms with Crippen molar-refractivity contribution in [1.82, 2.24) is 4.90 Å². The Hall–Kier alpha value is -3.27. The Morgan fingerprint density at radius 3 is 2.62 bits per heavy atom. The van der Waals surface area contributed by atoms with Gasteiger partial charge in [0.2, 0.25) is 0 Å². The van der Waals surface area contributed by atoms with Crippen molar-refractivity contribution in [3.05, 3.63) is 91.8 Å². The molecule has 4 rings (SSSR count). The highest BCUT2D eigenvalue weighted by atomic mass is 79.9. The summed E-state index contributed by atoms with van der Waals surface area (Å²) in [6, 6.07) is 17.3. The maximum atomic E-state index is 12.9. The number of aryl methyl sites for hydroxylation is 1. The Balaban J connectivity index is 1.48. The second-order valence-corrected chi connectivity index (χ2v) is 10.2. The normalized spacial score (nSPS) is 14.3. The summed E-state index contributed by atoms with van der Waals surface area (Å²) in [5.74, 6) is 0.0334. The minimum atomic E-state index is -0.647. The fourth-order valence-corrected chi connectivity index (χ4v) is 5.12. The first-order chi connectivity index (χ1) is 17.8. The van der Waals surface area contributed by atoms with E-state index in [1.165, 1.54) is 7.11 Å². The average Bonchev–Trinajstić information content (AvgIpc) is 3.13. The predicted molar refractivity (Wildman–Crippen MR) is 146 cm³/mol. The third kappa shape index (κ3) is 6.36. The lowest BCUT2D eigenvalue weighted by molar-refractivity contribution is -0.123. The number of nitrogens with zero attached hydrogens (tertiary/aromatic N) is 1. The number of methoxy groups -OCH3 is 1. The predicted octanol–water partition coefficient (Wildman–Crippen LogP) is 6.75. The van der Waals surface area contributed by atoms with Crippen molar-refractivity contribution < 1.29 is 28.6 Å². The molecule has 10 heteroatoms. The van der Waals surface area contributed by atoms with Crippen molar-refractivity contribution in [1.29, 1.82) is 0 Å². The standard InChI is InChI=1S/C27H21BrClNO6S/c1-16-6-5-7-18(12-16)35-11-10-30-25(31)23(37-27(30)33)15-17-13-20(28)24(22(14-17)34-2)36-26(32)19-8-3-4-9-21(19)29/h3-9,12-15H,10-11H2,1-2H3/b23-15-. The van der Waals surface area contributed by atoms with E-state index in [9.17, 15) is 14.4 Å². The molecule has 1 fully saturated rings. The molecule has 0 radical (unpaired) electrons. The van der Waals surface area contributed by atoms with Crippen LogP contribution in [0.5, 0.6) is 17.2 Å². The fraction of sp³-hybridized carbons (Fsp3) is 0.148. The lowest BCUT2D eigenvalue weighted by atomic mass is 10.1. The van der Waals surface area contributed by atoms with Gasteiger partial charge >= 0.3 is 5.97 Å². The molecule has 0 unspecified atom stereocenters. The van der Waals surface area contributed by atoms with Crippen LogP contribution in [0.25, 0.3) is 6.08 Å². The number of benzene rings is 3. The van der Waals surface area contributed by atoms with Crippen molar-refractivity contribution in [3.8, 4) is 17.2 Å². The van der Waals surface area contributed by atoms with Crippen LogP contribution in [0.3, 0.4) is 0 Å². The molecule has 3 aromatic carbocycles. The Bertz CT molecular complexity index is 1410. The molecule has 0 N–H and O–H groups in total. The first-order valence-corrected chi connectivity index (χ1v) is 13.0. The summed E-state index contributed by atoms with van der Waals surface area (Å²) in [6.45, 7) is 2.26. The molecule has 0 bridgehead atoms. The molecular formula is C27H21BrClNO6S. The van der Waals surface area contributed by atoms with E-state index < -0.39 is 11.9 Å². The highest BCUT2D eigenvalue weighted by Crippen LogP contribution is 2.39. The van der Waals surface area contributed by atoms with E-state index >= 15 is 0 Å². The third-order valence-electron chi connectivity index (χ3n) is 5.28. The van der Waals surface area contributed by atoms with Gasteiger partial charge in [0.05, 0.1) is 33.6 Å². The number of thioether (sulfide) groups is 1. The average molecular weight is 603 g/mol. The van der Waals surface area contributed by atoms with Gasteiger partial charge in [-0.15, -0.1) is 0 Å². The van der Waals surface area contributed by atoms with Gasteiger partial charge in [0.1, 0.15) is 12.4 Å². The van der Waals surface area contributed by atoms with Crippen LogP contribution in [0.2, 0.25) is 5.02 Å². The molecule has 1 heterocycles. The Labute approximate surface area is 231 Å². The van der Waals surface area contributed by atoms with Crippen LogP contribution >= 0.6 is 39.3 Å². The number of amides is 2. The number of halogens is 2. The first-order valence-electron chi connectivity index (χ1n) is 11.1. The van der Waals surface area contributed by atoms with E-state index in [2.05, 4.69) is 15.9 Å². The zero-order valence-corrected chi connectivity index (χ0v) is 23.0. The summed E-state index contributed by atoms with van der Waals surface area (Å²) < 4.78 is 17.1. The molecule has 1 aliphatic rings. The smallest absolute Gasteiger partial charge is 0.345 e. The number of rotatable bonds is 8. The van der Waals surface area contributed by atoms with Gasteiger partial charge in [-0.1, -0.05) is 35.9 Å². The lowest BCUT2D eigenvalue weighted by Crippen LogP contribution is -2.32. The van der Waals surface area contributed by atoms with Gasteiger partial charge in [0.15, 0.2) is 11.5 Å². The Kier molecular flexibility index (Phi) is 8.58. The van der Waals surface area contributed by atoms with E-state index in [-0.39, 0.29) is 45.4 Å². The highest BCUT2D eigenvalue weighted by molar-refractivity contribution is 9.10. The molecule has 1 aliphatic heterocycles. The van der Waals surface area contributed by atoms with Crippen molar-refractivity contribution in [3.63, 3.8) is 0 Å². The largest absolute Gasteiger partial charge is 0.493 e. The zero-order valence-electron chi connectivity index (χ0n) is 19.8. The summed E-state index contributed by atoms with van der Waals surface area (Å²) in [5, 5.41) is -0.111. The van der Waals surface area contributed by atoms with Crippen LogP contribution in [0.1, 0.15) is 21.5 Å². The quantitative estimate of drug-likeness (QED) is 0.160. The van der Waals surface area contributed by atoms with Crippen LogP contribution in [0, 0.1) is 6.92 Å². The molecule has 37 heavy (non-hydrogen) atoms. The summed E-state index contributed by atoms with van der Waals surface area (Å²) in [5.41, 5.74) is 1.84. The fourth-order valence-electron chi connectivity index (χ4n) is 3.50. The van der Waals surface area contributed by atoms with Crippen molar-refractivity contribution >= 4 is 62.5 Å². The van der Waals surface area contributed by atoms with E-state index in [0.717, 1.165) is 22.2 Å². The summed E-state index contributed by atoms with van der Waals surface area (Å²) >= 11 is 10.3. The molecule has 0 atom stereocenters. The van der Waals surface area contributed by atoms with Gasteiger partial charge in [0, 0.05) is 0 Å². The van der Waals surface area contributed by atoms with Gasteiger partial charge in [-0.2, -0.15) is 0 Å². The van der Waals surface area contributed by atoms with E-state index in [4.69, 9.17) is 25.8 Å². The van der Waals surface area contributed by atoms with Crippen LogP contribution < -0.4 is 14.2 Å². The number of carbonyl (C=O) groups is 3. The first kappa shape index (κ1) is 26.8. The van der Waals surface area contributed by atoms with Crippen molar-refractivity contribution in [2.75, 3.05) is 20.3 Å². The highest BCUT2D eigenvalue weighted by Gasteiger charge is 2.35. The van der Waals surface area contributed by atoms with Gasteiger partial charge in [0.25, 0.3) is 11.1 Å². The summed E-state index contributed by atoms with van der Waals surface area (Å²) in [7, 11) is 1.43. The van der Waals surface area contributed by atoms with Gasteiger partial charge in [-0.3, -0.25) is 14.5 Å². The number of esters is 1. The van der Waals surface area contributed by atoms with Crippen LogP contribution in [0.15, 0.2) is 70.0 Å². The Morgan fingerprint density at radius 1 is 1.11 bits per heavy atom. The molecular weight excluding hydrogens is 582 g/mol. The topological polar surface area (TPSA) is 82.1 Å². The molecule has 3 aromatic rings. The minimum absolute atomic E-state index is 0.125. The number of carbonyl (C=O) groups excluding carboxylic acids is 3. The SMILES string of the molecule is COc1cc(/C=C2\SC(=O)N(CCOc3cccc(C)c3)C2=O)cc(Br)c1OC(=O)c1ccccc1Cl. The second-order valence-electron chi connectivity index (χ2n) is 7.90. The number of ether oxygens (including phenoxy) is 3. The molecule has 190 valence electrons. The van der Waals surface area contributed by atoms with Crippen molar-refractivity contribution in [2.24, 2.45) is 0 Å². The maximum Gasteiger partial charge on any atom is 0.345 e. The van der Waals surface area contributed by atoms with Gasteiger partial charge in [-0.25, -0.2) is 4.79 Å². The number of hydrogen-bond acceptors (Lipinski definition) is 7. The zero-order chi connectivity index (χ0) is 26.5. The monoisotopic (exact) mass is 601 g/mol. The van der Waals surface area contributed by atoms with Gasteiger partial charge < -0.3 is 14.2 Å². The Morgan fingerprint density at radius 2 is 1.89 bits per heavy atom. The number of hydrogen-bond donors (Lipinski definition) is 0. The molecule has 0 saturated carbocycles. The van der Waals surface area contributed by atoms with Crippen LogP contribution in [-0.4, -0.2) is 42.3 Å². The molecule has 0 aliphatic carbocycles.